The first-order chi connectivity index (χ1) is 29.5. The lowest BCUT2D eigenvalue weighted by atomic mass is 9.79. The Hall–Kier alpha value is -6.85. The summed E-state index contributed by atoms with van der Waals surface area (Å²) in [6.45, 7) is 20.3. The molecule has 308 valence electrons. The van der Waals surface area contributed by atoms with Gasteiger partial charge in [0.15, 0.2) is 0 Å². The van der Waals surface area contributed by atoms with Crippen LogP contribution in [0.2, 0.25) is 0 Å². The molecule has 0 bridgehead atoms. The zero-order chi connectivity index (χ0) is 43.6. The van der Waals surface area contributed by atoms with E-state index in [1.54, 1.807) is 6.07 Å². The monoisotopic (exact) mass is 810 g/mol. The number of pyridine rings is 3. The minimum atomic E-state index is -0.0400. The second kappa shape index (κ2) is 15.3. The zero-order valence-electron chi connectivity index (χ0n) is 37.2. The first-order valence-corrected chi connectivity index (χ1v) is 21.6. The Bertz CT molecular complexity index is 3120. The quantitative estimate of drug-likeness (QED) is 0.182. The SMILES string of the molecule is CC(C)(C)c1cc(-c2cc(-c3cccc(-c4cccc(-c5ccc6c7ccccc7n(-c7cc(C(C)(C)C)ccn7)c6c5)n4)c3)nc(-c3ccccc3O)c2)cc(C(C)(C)C)c1. The van der Waals surface area contributed by atoms with Crippen molar-refractivity contribution < 1.29 is 5.11 Å². The first-order valence-electron chi connectivity index (χ1n) is 21.6. The average Bonchev–Trinajstić information content (AvgIpc) is 3.59. The van der Waals surface area contributed by atoms with Crippen molar-refractivity contribution in [2.45, 2.75) is 78.6 Å². The maximum atomic E-state index is 11.1. The Morgan fingerprint density at radius 2 is 0.968 bits per heavy atom. The molecule has 1 N–H and O–H groups in total. The molecule has 0 radical (unpaired) electrons. The average molecular weight is 811 g/mol. The van der Waals surface area contributed by atoms with Crippen molar-refractivity contribution in [1.29, 1.82) is 0 Å². The second-order valence-corrected chi connectivity index (χ2v) is 19.7. The number of benzene rings is 5. The summed E-state index contributed by atoms with van der Waals surface area (Å²) >= 11 is 0. The molecule has 5 aromatic carbocycles. The summed E-state index contributed by atoms with van der Waals surface area (Å²) in [5, 5.41) is 13.4. The van der Waals surface area contributed by atoms with E-state index in [1.807, 2.05) is 24.4 Å². The summed E-state index contributed by atoms with van der Waals surface area (Å²) in [5.74, 6) is 1.10. The van der Waals surface area contributed by atoms with E-state index in [-0.39, 0.29) is 22.0 Å². The van der Waals surface area contributed by atoms with Gasteiger partial charge >= 0.3 is 0 Å². The number of aromatic hydroxyl groups is 1. The molecule has 0 fully saturated rings. The summed E-state index contributed by atoms with van der Waals surface area (Å²) in [6, 6.07) is 52.9. The van der Waals surface area contributed by atoms with Crippen LogP contribution in [-0.4, -0.2) is 24.6 Å². The van der Waals surface area contributed by atoms with Gasteiger partial charge in [-0.1, -0.05) is 147 Å². The highest BCUT2D eigenvalue weighted by atomic mass is 16.3. The molecule has 0 amide bonds. The van der Waals surface area contributed by atoms with E-state index in [1.165, 1.54) is 27.5 Å². The van der Waals surface area contributed by atoms with Crippen LogP contribution in [0.5, 0.6) is 5.75 Å². The fourth-order valence-corrected chi connectivity index (χ4v) is 8.31. The highest BCUT2D eigenvalue weighted by Crippen LogP contribution is 2.40. The third kappa shape index (κ3) is 7.80. The van der Waals surface area contributed by atoms with Gasteiger partial charge in [-0.3, -0.25) is 4.57 Å². The molecule has 4 heterocycles. The molecule has 0 unspecified atom stereocenters. The van der Waals surface area contributed by atoms with Gasteiger partial charge < -0.3 is 5.11 Å². The molecule has 5 nitrogen and oxygen atoms in total. The number of aromatic nitrogens is 4. The Morgan fingerprint density at radius 1 is 0.403 bits per heavy atom. The number of phenols is 1. The van der Waals surface area contributed by atoms with Gasteiger partial charge in [0.25, 0.3) is 0 Å². The molecule has 5 heteroatoms. The number of hydrogen-bond acceptors (Lipinski definition) is 4. The van der Waals surface area contributed by atoms with Crippen LogP contribution in [0.25, 0.3) is 83.8 Å². The molecule has 62 heavy (non-hydrogen) atoms. The van der Waals surface area contributed by atoms with E-state index in [0.29, 0.717) is 11.3 Å². The lowest BCUT2D eigenvalue weighted by Gasteiger charge is -2.26. The topological polar surface area (TPSA) is 63.8 Å². The third-order valence-electron chi connectivity index (χ3n) is 12.0. The van der Waals surface area contributed by atoms with Gasteiger partial charge in [0.05, 0.1) is 33.8 Å². The van der Waals surface area contributed by atoms with E-state index in [2.05, 4.69) is 194 Å². The van der Waals surface area contributed by atoms with Gasteiger partial charge in [0.2, 0.25) is 0 Å². The van der Waals surface area contributed by atoms with Crippen LogP contribution in [-0.2, 0) is 16.2 Å². The minimum absolute atomic E-state index is 0.0104. The molecule has 0 aliphatic carbocycles. The van der Waals surface area contributed by atoms with Gasteiger partial charge in [-0.05, 0) is 111 Å². The number of para-hydroxylation sites is 2. The van der Waals surface area contributed by atoms with Crippen molar-refractivity contribution in [3.05, 3.63) is 175 Å². The van der Waals surface area contributed by atoms with Crippen LogP contribution < -0.4 is 0 Å². The standard InChI is InChI=1S/C57H54N4O/c1-55(2,3)41-26-27-58-54(35-41)61-51-22-12-10-18-44(51)45-25-24-38(33-52(45)61)48-21-15-20-47(59-48)36-16-14-17-37(28-36)49-31-40(32-50(60-49)46-19-11-13-23-53(46)62)39-29-42(56(4,5)6)34-43(30-39)57(7,8)9/h10-35,62H,1-9H3. The van der Waals surface area contributed by atoms with Crippen LogP contribution in [0.3, 0.4) is 0 Å². The lowest BCUT2D eigenvalue weighted by molar-refractivity contribution is 0.477. The van der Waals surface area contributed by atoms with Crippen LogP contribution in [0.1, 0.15) is 79.0 Å². The Balaban J connectivity index is 1.15. The Morgan fingerprint density at radius 3 is 1.66 bits per heavy atom. The molecule has 0 aliphatic heterocycles. The molecule has 0 saturated heterocycles. The summed E-state index contributed by atoms with van der Waals surface area (Å²) < 4.78 is 2.28. The molecular formula is C57H54N4O. The number of rotatable bonds is 6. The van der Waals surface area contributed by atoms with Gasteiger partial charge in [0, 0.05) is 39.2 Å². The van der Waals surface area contributed by atoms with E-state index in [9.17, 15) is 5.11 Å². The van der Waals surface area contributed by atoms with Crippen molar-refractivity contribution in [1.82, 2.24) is 19.5 Å². The molecular weight excluding hydrogens is 757 g/mol. The van der Waals surface area contributed by atoms with Crippen molar-refractivity contribution >= 4 is 21.8 Å². The number of hydrogen-bond donors (Lipinski definition) is 1. The first kappa shape index (κ1) is 40.6. The van der Waals surface area contributed by atoms with Crippen LogP contribution in [0.15, 0.2) is 158 Å². The predicted octanol–water partition coefficient (Wildman–Crippen LogP) is 14.9. The van der Waals surface area contributed by atoms with Gasteiger partial charge in [-0.15, -0.1) is 0 Å². The predicted molar refractivity (Wildman–Crippen MR) is 259 cm³/mol. The van der Waals surface area contributed by atoms with Gasteiger partial charge in [-0.25, -0.2) is 15.0 Å². The van der Waals surface area contributed by atoms with Crippen molar-refractivity contribution in [3.8, 4) is 67.7 Å². The second-order valence-electron chi connectivity index (χ2n) is 19.7. The molecule has 0 atom stereocenters. The number of fused-ring (bicyclic) bond motifs is 3. The lowest BCUT2D eigenvalue weighted by Crippen LogP contribution is -2.16. The van der Waals surface area contributed by atoms with Crippen LogP contribution >= 0.6 is 0 Å². The normalized spacial score (nSPS) is 12.3. The molecule has 0 spiro atoms. The molecule has 9 rings (SSSR count). The molecule has 9 aromatic rings. The van der Waals surface area contributed by atoms with Gasteiger partial charge in [-0.2, -0.15) is 0 Å². The summed E-state index contributed by atoms with van der Waals surface area (Å²) in [5.41, 5.74) is 15.1. The Kier molecular flexibility index (Phi) is 9.97. The minimum Gasteiger partial charge on any atom is -0.507 e. The number of phenolic OH excluding ortho intramolecular Hbond substituents is 1. The van der Waals surface area contributed by atoms with E-state index < -0.39 is 0 Å². The smallest absolute Gasteiger partial charge is 0.137 e. The van der Waals surface area contributed by atoms with Crippen molar-refractivity contribution in [2.75, 3.05) is 0 Å². The van der Waals surface area contributed by atoms with Crippen LogP contribution in [0, 0.1) is 0 Å². The zero-order valence-corrected chi connectivity index (χ0v) is 37.2. The van der Waals surface area contributed by atoms with Gasteiger partial charge in [0.1, 0.15) is 11.6 Å². The van der Waals surface area contributed by atoms with Crippen LogP contribution in [0.4, 0.5) is 0 Å². The maximum absolute atomic E-state index is 11.1. The third-order valence-corrected chi connectivity index (χ3v) is 12.0. The fraction of sp³-hybridized carbons (Fsp3) is 0.211. The fourth-order valence-electron chi connectivity index (χ4n) is 8.31. The summed E-state index contributed by atoms with van der Waals surface area (Å²) in [6.07, 6.45) is 1.92. The van der Waals surface area contributed by atoms with Crippen molar-refractivity contribution in [3.63, 3.8) is 0 Å². The van der Waals surface area contributed by atoms with Crippen molar-refractivity contribution in [2.24, 2.45) is 0 Å². The molecule has 0 saturated carbocycles. The van der Waals surface area contributed by atoms with E-state index in [4.69, 9.17) is 15.0 Å². The maximum Gasteiger partial charge on any atom is 0.137 e. The molecule has 4 aromatic heterocycles. The van der Waals surface area contributed by atoms with E-state index in [0.717, 1.165) is 61.8 Å². The highest BCUT2D eigenvalue weighted by Gasteiger charge is 2.23. The molecule has 0 aliphatic rings. The van der Waals surface area contributed by atoms with E-state index >= 15 is 0 Å². The summed E-state index contributed by atoms with van der Waals surface area (Å²) in [7, 11) is 0. The Labute approximate surface area is 365 Å². The highest BCUT2D eigenvalue weighted by molar-refractivity contribution is 6.10. The largest absolute Gasteiger partial charge is 0.507 e. The summed E-state index contributed by atoms with van der Waals surface area (Å²) in [4.78, 5) is 15.4. The number of nitrogens with zero attached hydrogens (tertiary/aromatic N) is 4.